The summed E-state index contributed by atoms with van der Waals surface area (Å²) in [6, 6.07) is 3.04. The maximum Gasteiger partial charge on any atom is 0.329 e. The third-order valence-electron chi connectivity index (χ3n) is 29.2. The fraction of sp³-hybridized carbons (Fsp3) is 0.578. The van der Waals surface area contributed by atoms with Crippen molar-refractivity contribution in [2.45, 2.75) is 291 Å². The Kier molecular flexibility index (Phi) is 39.9. The molecule has 47 nitrogen and oxygen atoms in total. The average molecular weight is 2080 g/mol. The lowest BCUT2D eigenvalue weighted by molar-refractivity contribution is -0.172. The van der Waals surface area contributed by atoms with Crippen LogP contribution in [0.15, 0.2) is 92.4 Å². The number of fused-ring (bicyclic) bond motifs is 6. The second kappa shape index (κ2) is 51.9. The van der Waals surface area contributed by atoms with Crippen LogP contribution >= 0.6 is 0 Å². The van der Waals surface area contributed by atoms with Crippen LogP contribution in [0.1, 0.15) is 157 Å². The fourth-order valence-electron chi connectivity index (χ4n) is 19.8. The summed E-state index contributed by atoms with van der Waals surface area (Å²) in [4.78, 5) is 217. The predicted molar refractivity (Wildman–Crippen MR) is 542 cm³/mol. The number of aromatic nitrogens is 6. The summed E-state index contributed by atoms with van der Waals surface area (Å²) >= 11 is 0. The maximum atomic E-state index is 13.7. The second-order valence-corrected chi connectivity index (χ2v) is 39.1. The minimum Gasteiger partial charge on any atom is -0.459 e. The van der Waals surface area contributed by atoms with E-state index in [-0.39, 0.29) is 134 Å². The van der Waals surface area contributed by atoms with Crippen LogP contribution in [0.5, 0.6) is 0 Å². The topological polar surface area (TPSA) is 616 Å². The Labute approximate surface area is 862 Å². The molecule has 9 fully saturated rings. The molecule has 7 aromatic rings. The Morgan fingerprint density at radius 1 is 0.470 bits per heavy atom. The summed E-state index contributed by atoms with van der Waals surface area (Å²) in [6.07, 6.45) is 11.0. The molecule has 0 radical (unpaired) electrons. The summed E-state index contributed by atoms with van der Waals surface area (Å²) in [5, 5.41) is 72.4. The number of nitrogens with one attached hydrogen (secondary N) is 13. The summed E-state index contributed by atoms with van der Waals surface area (Å²) < 4.78 is 38.6. The number of aromatic amines is 3. The Balaban J connectivity index is 0.000000176. The van der Waals surface area contributed by atoms with E-state index in [1.165, 1.54) is 39.1 Å². The van der Waals surface area contributed by atoms with E-state index in [0.717, 1.165) is 39.4 Å². The lowest BCUT2D eigenvalue weighted by atomic mass is 9.94. The molecule has 9 aliphatic rings. The highest BCUT2D eigenvalue weighted by atomic mass is 16.6. The predicted octanol–water partition coefficient (Wildman–Crippen LogP) is -0.0462. The van der Waals surface area contributed by atoms with Crippen LogP contribution in [0.4, 0.5) is 11.4 Å². The second-order valence-electron chi connectivity index (χ2n) is 39.1. The first-order chi connectivity index (χ1) is 71.1. The molecule has 1 aromatic carbocycles. The molecule has 9 saturated heterocycles. The molecule has 17 N–H and O–H groups in total. The van der Waals surface area contributed by atoms with Crippen LogP contribution < -0.4 is 53.2 Å². The van der Waals surface area contributed by atoms with E-state index in [1.54, 1.807) is 157 Å². The van der Waals surface area contributed by atoms with Crippen molar-refractivity contribution in [2.75, 3.05) is 100.0 Å². The minimum atomic E-state index is -0.947. The number of ether oxygens (including phenoxy) is 7. The number of piperidine rings is 1. The van der Waals surface area contributed by atoms with Crippen LogP contribution in [0.25, 0.3) is 33.0 Å². The number of benzene rings is 1. The number of carbonyl (C=O) groups excluding carboxylic acids is 15. The number of H-pyrrole nitrogens is 3. The van der Waals surface area contributed by atoms with Crippen molar-refractivity contribution in [2.24, 2.45) is 0 Å². The van der Waals surface area contributed by atoms with E-state index in [1.807, 2.05) is 30.5 Å². The van der Waals surface area contributed by atoms with Gasteiger partial charge in [-0.05, 0) is 206 Å². The van der Waals surface area contributed by atoms with Gasteiger partial charge in [0.25, 0.3) is 17.7 Å². The molecule has 4 unspecified atom stereocenters. The maximum absolute atomic E-state index is 13.7. The van der Waals surface area contributed by atoms with Gasteiger partial charge in [-0.1, -0.05) is 12.6 Å². The van der Waals surface area contributed by atoms with Crippen molar-refractivity contribution in [1.29, 1.82) is 0 Å². The number of cyclic esters (lactones) is 2. The van der Waals surface area contributed by atoms with Gasteiger partial charge in [-0.25, -0.2) is 14.8 Å². The number of esters is 3. The van der Waals surface area contributed by atoms with Gasteiger partial charge in [0.1, 0.15) is 47.6 Å². The van der Waals surface area contributed by atoms with Gasteiger partial charge in [-0.3, -0.25) is 71.7 Å². The molecule has 6 aromatic heterocycles. The third-order valence-corrected chi connectivity index (χ3v) is 29.2. The summed E-state index contributed by atoms with van der Waals surface area (Å²) in [6.45, 7) is 18.0. The Hall–Kier alpha value is -13.1. The summed E-state index contributed by atoms with van der Waals surface area (Å²) in [5.41, 5.74) is 6.56. The van der Waals surface area contributed by atoms with E-state index in [9.17, 15) is 92.3 Å². The zero-order valence-electron chi connectivity index (χ0n) is 86.9. The molecule has 2 bridgehead atoms. The van der Waals surface area contributed by atoms with Gasteiger partial charge in [0.05, 0.1) is 96.5 Å². The molecule has 0 spiro atoms. The van der Waals surface area contributed by atoms with Crippen molar-refractivity contribution >= 4 is 133 Å². The molecule has 9 aliphatic heterocycles. The van der Waals surface area contributed by atoms with Crippen molar-refractivity contribution in [3.8, 4) is 0 Å². The zero-order chi connectivity index (χ0) is 108. The number of pyridine rings is 2. The molecular formula is C102H143N21O26. The molecule has 11 amide bonds. The van der Waals surface area contributed by atoms with Crippen molar-refractivity contribution in [3.63, 3.8) is 0 Å². The van der Waals surface area contributed by atoms with Gasteiger partial charge < -0.3 is 146 Å². The highest BCUT2D eigenvalue weighted by Crippen LogP contribution is 2.38. The lowest BCUT2D eigenvalue weighted by Gasteiger charge is -2.43. The average Bonchev–Trinajstić information content (AvgIpc) is 1.70. The van der Waals surface area contributed by atoms with Crippen LogP contribution in [0.3, 0.4) is 0 Å². The first-order valence-corrected chi connectivity index (χ1v) is 50.4. The first-order valence-electron chi connectivity index (χ1n) is 50.4. The van der Waals surface area contributed by atoms with Crippen molar-refractivity contribution in [3.05, 3.63) is 120 Å². The van der Waals surface area contributed by atoms with Gasteiger partial charge in [-0.2, -0.15) is 0 Å². The quantitative estimate of drug-likeness (QED) is 0.0137. The normalized spacial score (nSPS) is 23.8. The van der Waals surface area contributed by atoms with E-state index < -0.39 is 139 Å². The van der Waals surface area contributed by atoms with Gasteiger partial charge in [-0.15, -0.1) is 0 Å². The third kappa shape index (κ3) is 27.4. The van der Waals surface area contributed by atoms with Crippen molar-refractivity contribution in [1.82, 2.24) is 96.5 Å². The number of likely N-dealkylation sites (tertiary alicyclic amines) is 4. The number of hydrogen-bond donors (Lipinski definition) is 17. The van der Waals surface area contributed by atoms with Gasteiger partial charge >= 0.3 is 17.9 Å². The van der Waals surface area contributed by atoms with E-state index >= 15 is 0 Å². The number of methoxy groups -OCH3 is 4. The van der Waals surface area contributed by atoms with Gasteiger partial charge in [0.2, 0.25) is 53.2 Å². The number of β-amino-alcohol motifs (C(OH)–C–C–N with tert-alkyl or cyclic N) is 4. The molecule has 0 saturated carbocycles. The number of nitrogens with zero attached hydrogens (tertiary/aromatic N) is 8. The SMILES string of the molecule is C=CC(=O)Nc1cccc2[nH]cc(C[C@@H]3C[C@H](O)CN3C(=O)[C@@H](NC(=O)[C@H](C)NC)[C@@H](C)OC)c12.CN[C@@H](C)C(=O)N[C@H](C(=O)N1C[C@@H](O)C[C@H]1Cc1c[nH]c2nccc(NC(=O)C3CCC(=O)O3)c12)[C@@H](C)OC.CN[C@@H](C)C(=O)N[C@H](C(=O)N1C[C@@H](O)C[C@H]1Cc1c[nH]cc1C(=O)N1CC2CCC1C(=O)O2)[C@@H](C)OC.CN[C@@H](C)C(=O)N[C@H](C(=O)N1C[C@@H](O)C[C@H]1Cc1cn(C(=O)C2CCC(=O)O2)c2ncccc12)[C@@H](C)OC. The van der Waals surface area contributed by atoms with Gasteiger partial charge in [0.15, 0.2) is 12.2 Å². The number of rotatable bonds is 38. The molecular weight excluding hydrogens is 1940 g/mol. The first kappa shape index (κ1) is 115. The number of anilines is 2. The highest BCUT2D eigenvalue weighted by molar-refractivity contribution is 6.08. The lowest BCUT2D eigenvalue weighted by Crippen LogP contribution is -2.59. The molecule has 16 rings (SSSR count). The molecule has 15 heterocycles. The van der Waals surface area contributed by atoms with Crippen LogP contribution in [-0.4, -0.2) is 398 Å². The smallest absolute Gasteiger partial charge is 0.329 e. The number of aliphatic hydroxyl groups is 4. The molecule has 812 valence electrons. The molecule has 24 atom stereocenters. The van der Waals surface area contributed by atoms with Crippen LogP contribution in [0.2, 0.25) is 0 Å². The number of carbonyl (C=O) groups is 15. The van der Waals surface area contributed by atoms with Crippen LogP contribution in [0, 0.1) is 0 Å². The largest absolute Gasteiger partial charge is 0.459 e. The number of hydrogen-bond acceptors (Lipinski definition) is 32. The standard InChI is InChI=1S/C26H36N6O7.C26H35N5O7.C25H37N5O7.C25H35N5O5/c1-13(27-3)24(35)31-22(14(2)38-4)26(37)32-12-17(33)10-16(32)9-15-11-29-23-21(15)18(7-8-28-23)30-25(36)19-5-6-20(34)39-19;1-14(27-3)24(34)29-22(15(2)37-4)26(36)30-13-18(32)11-17(30)10-16-12-31(23-19(16)6-5-9-28-23)25(35)20-7-8-21(33)38-20;1-13(26-3)22(32)28-21(14(2)36-4)24(34)29-11-17(31)8-16(29)7-15-9-27-10-19(15)23(33)30-12-18-5-6-20(30)25(35)37-18;1-6-21(32)28-20-9-7-8-19-22(20)16(12-27-19)10-17-11-18(31)13-30(17)25(34)23(15(3)35-5)29-24(33)14(2)26-4/h7-8,11,13-14,16-17,19,22,27,33H,5-6,9-10,12H2,1-4H3,(H,31,35)(H2,28,29,30,36);5-6,9,12,14-15,17-18,20,22,27,32H,7-8,10-11,13H2,1-4H3,(H,29,34);9-10,13-14,16-18,20-21,26-27,31H,5-8,11-12H2,1-4H3,(H,28,32);6-9,12,14-15,17-18,23,26-27,31H,1,10-11,13H2,2-5H3,(H,28,32)(H,29,33)/t13-,14+,16+,17-,19?,22-;14-,15+,17+,18-,20?,22-;13-,14+,16+,17-,18?,20?,21-;14-,15+,17+,18-,23-/m0000/s1. The Bertz CT molecular complexity index is 5970. The van der Waals surface area contributed by atoms with Crippen LogP contribution in [-0.2, 0) is 121 Å². The highest BCUT2D eigenvalue weighted by Gasteiger charge is 2.49. The Morgan fingerprint density at radius 3 is 1.32 bits per heavy atom. The van der Waals surface area contributed by atoms with E-state index in [2.05, 4.69) is 84.7 Å². The number of morpholine rings is 1. The number of aliphatic hydroxyl groups excluding tert-OH is 4. The van der Waals surface area contributed by atoms with Crippen molar-refractivity contribution < 1.29 is 126 Å². The minimum absolute atomic E-state index is 0.113. The monoisotopic (exact) mass is 2080 g/mol. The molecule has 149 heavy (non-hydrogen) atoms. The van der Waals surface area contributed by atoms with E-state index in [4.69, 9.17) is 33.2 Å². The molecule has 47 heteroatoms. The van der Waals surface area contributed by atoms with Gasteiger partial charge in [0, 0.05) is 170 Å². The molecule has 0 aliphatic carbocycles. The Morgan fingerprint density at radius 2 is 0.899 bits per heavy atom. The number of amides is 11. The van der Waals surface area contributed by atoms with E-state index in [0.29, 0.717) is 116 Å². The number of likely N-dealkylation sites (N-methyl/N-ethyl adjacent to an activating group) is 4. The zero-order valence-corrected chi connectivity index (χ0v) is 86.9. The summed E-state index contributed by atoms with van der Waals surface area (Å²) in [5.74, 6) is -5.24. The summed E-state index contributed by atoms with van der Waals surface area (Å²) in [7, 11) is 12.5. The fourth-order valence-corrected chi connectivity index (χ4v) is 19.8.